The third-order valence-corrected chi connectivity index (χ3v) is 7.15. The van der Waals surface area contributed by atoms with Gasteiger partial charge in [0.2, 0.25) is 5.91 Å². The van der Waals surface area contributed by atoms with E-state index in [4.69, 9.17) is 8.97 Å². The summed E-state index contributed by atoms with van der Waals surface area (Å²) in [6.07, 6.45) is 1.91. The summed E-state index contributed by atoms with van der Waals surface area (Å²) in [4.78, 5) is 25.8. The number of halogens is 1. The Morgan fingerprint density at radius 3 is 2.21 bits per heavy atom. The molecule has 1 heterocycles. The minimum atomic E-state index is -1.96. The molecule has 5 aromatic rings. The minimum absolute atomic E-state index is 0.0275. The molecule has 0 saturated carbocycles. The van der Waals surface area contributed by atoms with Gasteiger partial charge in [0.1, 0.15) is 11.3 Å². The molecule has 0 radical (unpaired) electrons. The van der Waals surface area contributed by atoms with E-state index < -0.39 is 17.0 Å². The standard InChI is InChI=1S/C32H28N2O5S.CH3Cl/c35-31(33-18-19-40(37)38)25-12-10-22(11-13-25)20-28(23-6-2-1-3-7-23)32(36)34-27-16-14-24(15-17-27)30-21-26-8-4-5-9-29(26)39-30;1-2/h1-17,21,28H,18-20H2,(H,33,35)(H,34,36)(H,37,38);1H3. The number of amides is 2. The van der Waals surface area contributed by atoms with Crippen molar-refractivity contribution in [2.75, 3.05) is 24.0 Å². The second kappa shape index (κ2) is 15.1. The molecule has 0 aliphatic carbocycles. The fourth-order valence-electron chi connectivity index (χ4n) is 4.50. The fourth-order valence-corrected chi connectivity index (χ4v) is 4.78. The summed E-state index contributed by atoms with van der Waals surface area (Å²) in [7, 11) is 0. The van der Waals surface area contributed by atoms with Crippen molar-refractivity contribution in [3.63, 3.8) is 0 Å². The molecule has 2 unspecified atom stereocenters. The number of nitrogens with one attached hydrogen (secondary N) is 2. The van der Waals surface area contributed by atoms with Gasteiger partial charge in [0.05, 0.1) is 11.7 Å². The summed E-state index contributed by atoms with van der Waals surface area (Å²) in [6, 6.07) is 34.0. The van der Waals surface area contributed by atoms with Crippen molar-refractivity contribution >= 4 is 51.2 Å². The van der Waals surface area contributed by atoms with E-state index in [2.05, 4.69) is 22.2 Å². The molecule has 0 aliphatic rings. The summed E-state index contributed by atoms with van der Waals surface area (Å²) in [5.74, 6) is -0.167. The van der Waals surface area contributed by atoms with Gasteiger partial charge in [0, 0.05) is 35.1 Å². The first kappa shape index (κ1) is 30.7. The Bertz CT molecular complexity index is 1600. The lowest BCUT2D eigenvalue weighted by Crippen LogP contribution is -2.27. The van der Waals surface area contributed by atoms with Gasteiger partial charge in [-0.2, -0.15) is 0 Å². The molecule has 3 N–H and O–H groups in total. The Morgan fingerprint density at radius 1 is 0.881 bits per heavy atom. The zero-order valence-corrected chi connectivity index (χ0v) is 24.5. The summed E-state index contributed by atoms with van der Waals surface area (Å²) >= 11 is 2.68. The third kappa shape index (κ3) is 8.16. The first-order chi connectivity index (χ1) is 20.5. The van der Waals surface area contributed by atoms with Crippen LogP contribution < -0.4 is 10.6 Å². The average molecular weight is 603 g/mol. The molecular weight excluding hydrogens is 572 g/mol. The maximum Gasteiger partial charge on any atom is 0.251 e. The highest BCUT2D eigenvalue weighted by atomic mass is 35.5. The van der Waals surface area contributed by atoms with Gasteiger partial charge in [-0.05, 0) is 66.1 Å². The van der Waals surface area contributed by atoms with E-state index in [1.165, 1.54) is 6.38 Å². The molecule has 42 heavy (non-hydrogen) atoms. The number of benzene rings is 4. The first-order valence-electron chi connectivity index (χ1n) is 13.2. The van der Waals surface area contributed by atoms with Crippen LogP contribution in [0.3, 0.4) is 0 Å². The SMILES string of the molecule is CCl.O=C(NCCS(=O)O)c1ccc(CC(C(=O)Nc2ccc(-c3cc4ccccc4o3)cc2)c2ccccc2)cc1. The van der Waals surface area contributed by atoms with Crippen molar-refractivity contribution in [2.24, 2.45) is 0 Å². The zero-order valence-electron chi connectivity index (χ0n) is 23.0. The Balaban J connectivity index is 0.00000198. The van der Waals surface area contributed by atoms with Crippen LogP contribution in [0.5, 0.6) is 0 Å². The lowest BCUT2D eigenvalue weighted by atomic mass is 9.90. The molecule has 5 rings (SSSR count). The normalized spacial score (nSPS) is 12.1. The smallest absolute Gasteiger partial charge is 0.251 e. The van der Waals surface area contributed by atoms with Crippen LogP contribution in [-0.4, -0.2) is 39.3 Å². The number of rotatable bonds is 10. The largest absolute Gasteiger partial charge is 0.456 e. The van der Waals surface area contributed by atoms with Crippen LogP contribution in [0, 0.1) is 0 Å². The highest BCUT2D eigenvalue weighted by molar-refractivity contribution is 7.79. The van der Waals surface area contributed by atoms with Gasteiger partial charge >= 0.3 is 0 Å². The maximum atomic E-state index is 13.5. The number of para-hydroxylation sites is 1. The average Bonchev–Trinajstić information content (AvgIpc) is 3.46. The van der Waals surface area contributed by atoms with Crippen molar-refractivity contribution < 1.29 is 22.8 Å². The van der Waals surface area contributed by atoms with Crippen LogP contribution >= 0.6 is 11.6 Å². The van der Waals surface area contributed by atoms with Gasteiger partial charge in [-0.25, -0.2) is 4.21 Å². The molecule has 9 heteroatoms. The van der Waals surface area contributed by atoms with Gasteiger partial charge in [-0.3, -0.25) is 9.59 Å². The first-order valence-corrected chi connectivity index (χ1v) is 15.3. The number of hydrogen-bond acceptors (Lipinski definition) is 4. The predicted octanol–water partition coefficient (Wildman–Crippen LogP) is 6.87. The van der Waals surface area contributed by atoms with E-state index in [-0.39, 0.29) is 24.1 Å². The monoisotopic (exact) mass is 602 g/mol. The van der Waals surface area contributed by atoms with Crippen molar-refractivity contribution in [3.8, 4) is 11.3 Å². The Morgan fingerprint density at radius 2 is 1.55 bits per heavy atom. The molecule has 0 fully saturated rings. The lowest BCUT2D eigenvalue weighted by Gasteiger charge is -2.18. The number of hydrogen-bond donors (Lipinski definition) is 3. The Hall–Kier alpha value is -4.24. The molecule has 2 atom stereocenters. The van der Waals surface area contributed by atoms with Crippen LogP contribution in [-0.2, 0) is 22.3 Å². The number of alkyl halides is 1. The minimum Gasteiger partial charge on any atom is -0.456 e. The topological polar surface area (TPSA) is 109 Å². The van der Waals surface area contributed by atoms with E-state index in [0.717, 1.165) is 33.4 Å². The second-order valence-electron chi connectivity index (χ2n) is 9.36. The molecule has 0 spiro atoms. The molecule has 7 nitrogen and oxygen atoms in total. The number of anilines is 1. The molecule has 0 bridgehead atoms. The van der Waals surface area contributed by atoms with E-state index in [1.807, 2.05) is 97.1 Å². The van der Waals surface area contributed by atoms with Gasteiger partial charge in [-0.15, -0.1) is 11.6 Å². The molecule has 2 amide bonds. The van der Waals surface area contributed by atoms with Crippen LogP contribution in [0.25, 0.3) is 22.3 Å². The van der Waals surface area contributed by atoms with Gasteiger partial charge in [0.25, 0.3) is 5.91 Å². The van der Waals surface area contributed by atoms with Crippen LogP contribution in [0.4, 0.5) is 5.69 Å². The summed E-state index contributed by atoms with van der Waals surface area (Å²) in [5, 5.41) is 6.71. The van der Waals surface area contributed by atoms with Crippen LogP contribution in [0.1, 0.15) is 27.4 Å². The molecule has 1 aromatic heterocycles. The van der Waals surface area contributed by atoms with E-state index in [1.54, 1.807) is 12.1 Å². The van der Waals surface area contributed by atoms with Crippen molar-refractivity contribution in [1.82, 2.24) is 5.32 Å². The summed E-state index contributed by atoms with van der Waals surface area (Å²) in [5.41, 5.74) is 4.66. The molecular formula is C33H31ClN2O5S. The molecule has 4 aromatic carbocycles. The van der Waals surface area contributed by atoms with Gasteiger partial charge in [-0.1, -0.05) is 60.7 Å². The van der Waals surface area contributed by atoms with E-state index in [9.17, 15) is 13.8 Å². The van der Waals surface area contributed by atoms with Gasteiger partial charge < -0.3 is 19.6 Å². The Labute approximate surface area is 252 Å². The number of furan rings is 1. The third-order valence-electron chi connectivity index (χ3n) is 6.60. The highest BCUT2D eigenvalue weighted by Crippen LogP contribution is 2.29. The van der Waals surface area contributed by atoms with Crippen LogP contribution in [0.2, 0.25) is 0 Å². The zero-order chi connectivity index (χ0) is 29.9. The molecule has 0 saturated heterocycles. The van der Waals surface area contributed by atoms with Crippen molar-refractivity contribution in [3.05, 3.63) is 126 Å². The maximum absolute atomic E-state index is 13.5. The number of carbonyl (C=O) groups excluding carboxylic acids is 2. The Kier molecular flexibility index (Phi) is 11.1. The molecule has 216 valence electrons. The van der Waals surface area contributed by atoms with Crippen molar-refractivity contribution in [1.29, 1.82) is 0 Å². The lowest BCUT2D eigenvalue weighted by molar-refractivity contribution is -0.117. The van der Waals surface area contributed by atoms with Gasteiger partial charge in [0.15, 0.2) is 11.1 Å². The highest BCUT2D eigenvalue weighted by Gasteiger charge is 2.22. The van der Waals surface area contributed by atoms with Crippen molar-refractivity contribution in [2.45, 2.75) is 12.3 Å². The fraction of sp³-hybridized carbons (Fsp3) is 0.152. The van der Waals surface area contributed by atoms with E-state index >= 15 is 0 Å². The summed E-state index contributed by atoms with van der Waals surface area (Å²) < 4.78 is 25.6. The second-order valence-corrected chi connectivity index (χ2v) is 10.4. The number of carbonyl (C=O) groups is 2. The number of fused-ring (bicyclic) bond motifs is 1. The van der Waals surface area contributed by atoms with Crippen LogP contribution in [0.15, 0.2) is 114 Å². The summed E-state index contributed by atoms with van der Waals surface area (Å²) in [6.45, 7) is 0.110. The molecule has 0 aliphatic heterocycles. The predicted molar refractivity (Wildman–Crippen MR) is 169 cm³/mol. The quantitative estimate of drug-likeness (QED) is 0.119. The van der Waals surface area contributed by atoms with E-state index in [0.29, 0.717) is 17.7 Å².